The van der Waals surface area contributed by atoms with E-state index >= 15 is 0 Å². The minimum absolute atomic E-state index is 0.211. The molecule has 2 unspecified atom stereocenters. The van der Waals surface area contributed by atoms with E-state index in [4.69, 9.17) is 5.73 Å². The van der Waals surface area contributed by atoms with Gasteiger partial charge in [-0.2, -0.15) is 0 Å². The van der Waals surface area contributed by atoms with E-state index in [1.54, 1.807) is 12.1 Å². The Morgan fingerprint density at radius 1 is 1.50 bits per heavy atom. The molecule has 1 fully saturated rings. The van der Waals surface area contributed by atoms with Gasteiger partial charge in [-0.05, 0) is 31.2 Å². The minimum Gasteiger partial charge on any atom is -0.328 e. The highest BCUT2D eigenvalue weighted by molar-refractivity contribution is 7.12. The first-order chi connectivity index (χ1) is 9.56. The monoisotopic (exact) mass is 296 g/mol. The average Bonchev–Trinajstić information content (AvgIpc) is 2.93. The summed E-state index contributed by atoms with van der Waals surface area (Å²) in [6, 6.07) is 4.01. The topological polar surface area (TPSA) is 87.5 Å². The molecular weight excluding hydrogens is 276 g/mol. The van der Waals surface area contributed by atoms with E-state index in [0.29, 0.717) is 4.88 Å². The van der Waals surface area contributed by atoms with Gasteiger partial charge < -0.3 is 5.73 Å². The Morgan fingerprint density at radius 2 is 2.30 bits per heavy atom. The largest absolute Gasteiger partial charge is 0.328 e. The van der Waals surface area contributed by atoms with Crippen molar-refractivity contribution in [3.05, 3.63) is 22.4 Å². The van der Waals surface area contributed by atoms with E-state index < -0.39 is 0 Å². The van der Waals surface area contributed by atoms with Crippen LogP contribution < -0.4 is 16.6 Å². The van der Waals surface area contributed by atoms with Crippen LogP contribution in [0.2, 0.25) is 0 Å². The number of hydrazine groups is 1. The SMILES string of the molecule is CC1CC(N)CCN1CC(=O)NNC(=O)c1cccs1. The third-order valence-corrected chi connectivity index (χ3v) is 4.33. The number of amides is 2. The molecule has 110 valence electrons. The normalized spacial score (nSPS) is 23.3. The second kappa shape index (κ2) is 6.83. The van der Waals surface area contributed by atoms with Crippen LogP contribution in [-0.4, -0.2) is 41.9 Å². The molecule has 0 aromatic carbocycles. The van der Waals surface area contributed by atoms with E-state index in [1.807, 2.05) is 5.38 Å². The molecule has 0 saturated carbocycles. The van der Waals surface area contributed by atoms with Gasteiger partial charge in [-0.1, -0.05) is 6.07 Å². The van der Waals surface area contributed by atoms with E-state index in [9.17, 15) is 9.59 Å². The van der Waals surface area contributed by atoms with E-state index in [2.05, 4.69) is 22.7 Å². The van der Waals surface area contributed by atoms with Crippen molar-refractivity contribution in [3.63, 3.8) is 0 Å². The summed E-state index contributed by atoms with van der Waals surface area (Å²) in [5.41, 5.74) is 10.8. The van der Waals surface area contributed by atoms with Crippen molar-refractivity contribution in [1.29, 1.82) is 0 Å². The zero-order valence-electron chi connectivity index (χ0n) is 11.5. The zero-order valence-corrected chi connectivity index (χ0v) is 12.3. The minimum atomic E-state index is -0.290. The Bertz CT molecular complexity index is 463. The first-order valence-corrected chi connectivity index (χ1v) is 7.56. The molecule has 0 aliphatic carbocycles. The molecule has 6 nitrogen and oxygen atoms in total. The standard InChI is InChI=1S/C13H20N4O2S/c1-9-7-10(14)4-5-17(9)8-12(18)15-16-13(19)11-3-2-6-20-11/h2-3,6,9-10H,4-5,7-8,14H2,1H3,(H,15,18)(H,16,19). The number of carbonyl (C=O) groups excluding carboxylic acids is 2. The molecule has 1 saturated heterocycles. The van der Waals surface area contributed by atoms with Crippen LogP contribution in [-0.2, 0) is 4.79 Å². The second-order valence-corrected chi connectivity index (χ2v) is 6.03. The highest BCUT2D eigenvalue weighted by Gasteiger charge is 2.24. The maximum absolute atomic E-state index is 11.8. The van der Waals surface area contributed by atoms with Gasteiger partial charge in [0.2, 0.25) is 0 Å². The molecule has 0 bridgehead atoms. The summed E-state index contributed by atoms with van der Waals surface area (Å²) in [5, 5.41) is 1.81. The number of carbonyl (C=O) groups is 2. The maximum atomic E-state index is 11.8. The van der Waals surface area contributed by atoms with Gasteiger partial charge in [-0.3, -0.25) is 25.3 Å². The molecule has 2 amide bonds. The van der Waals surface area contributed by atoms with Gasteiger partial charge in [-0.15, -0.1) is 11.3 Å². The lowest BCUT2D eigenvalue weighted by molar-refractivity contribution is -0.123. The number of hydrogen-bond acceptors (Lipinski definition) is 5. The molecule has 1 aromatic rings. The summed E-state index contributed by atoms with van der Waals surface area (Å²) in [4.78, 5) is 26.1. The van der Waals surface area contributed by atoms with Crippen molar-refractivity contribution in [3.8, 4) is 0 Å². The third-order valence-electron chi connectivity index (χ3n) is 3.46. The van der Waals surface area contributed by atoms with Crippen molar-refractivity contribution in [2.24, 2.45) is 5.73 Å². The van der Waals surface area contributed by atoms with Crippen LogP contribution in [0.5, 0.6) is 0 Å². The molecule has 4 N–H and O–H groups in total. The molecular formula is C13H20N4O2S. The molecule has 1 aliphatic heterocycles. The molecule has 20 heavy (non-hydrogen) atoms. The number of likely N-dealkylation sites (tertiary alicyclic amines) is 1. The quantitative estimate of drug-likeness (QED) is 0.701. The lowest BCUT2D eigenvalue weighted by Crippen LogP contribution is -2.51. The van der Waals surface area contributed by atoms with Crippen molar-refractivity contribution < 1.29 is 9.59 Å². The molecule has 2 atom stereocenters. The van der Waals surface area contributed by atoms with E-state index in [0.717, 1.165) is 19.4 Å². The molecule has 1 aliphatic rings. The van der Waals surface area contributed by atoms with Crippen LogP contribution in [0.25, 0.3) is 0 Å². The number of nitrogens with zero attached hydrogens (tertiary/aromatic N) is 1. The predicted molar refractivity (Wildman–Crippen MR) is 78.2 cm³/mol. The highest BCUT2D eigenvalue weighted by Crippen LogP contribution is 2.15. The number of nitrogens with two attached hydrogens (primary N) is 1. The molecule has 2 rings (SSSR count). The van der Waals surface area contributed by atoms with Gasteiger partial charge in [0.1, 0.15) is 0 Å². The Kier molecular flexibility index (Phi) is 5.11. The third kappa shape index (κ3) is 4.03. The Morgan fingerprint density at radius 3 is 2.95 bits per heavy atom. The molecule has 0 radical (unpaired) electrons. The average molecular weight is 296 g/mol. The summed E-state index contributed by atoms with van der Waals surface area (Å²) >= 11 is 1.33. The van der Waals surface area contributed by atoms with Crippen molar-refractivity contribution in [2.75, 3.05) is 13.1 Å². The summed E-state index contributed by atoms with van der Waals surface area (Å²) in [6.45, 7) is 3.16. The van der Waals surface area contributed by atoms with Crippen LogP contribution in [0.15, 0.2) is 17.5 Å². The Balaban J connectivity index is 1.74. The number of hydrogen-bond donors (Lipinski definition) is 3. The van der Waals surface area contributed by atoms with Crippen molar-refractivity contribution in [1.82, 2.24) is 15.8 Å². The number of nitrogens with one attached hydrogen (secondary N) is 2. The van der Waals surface area contributed by atoms with E-state index in [1.165, 1.54) is 11.3 Å². The maximum Gasteiger partial charge on any atom is 0.279 e. The lowest BCUT2D eigenvalue weighted by atomic mass is 9.99. The number of piperidine rings is 1. The summed E-state index contributed by atoms with van der Waals surface area (Å²) in [5.74, 6) is -0.501. The number of thiophene rings is 1. The van der Waals surface area contributed by atoms with Gasteiger partial charge in [0.25, 0.3) is 11.8 Å². The lowest BCUT2D eigenvalue weighted by Gasteiger charge is -2.35. The van der Waals surface area contributed by atoms with Crippen LogP contribution in [0.1, 0.15) is 29.4 Å². The van der Waals surface area contributed by atoms with Gasteiger partial charge >= 0.3 is 0 Å². The van der Waals surface area contributed by atoms with Gasteiger partial charge in [0.15, 0.2) is 0 Å². The summed E-state index contributed by atoms with van der Waals surface area (Å²) in [7, 11) is 0. The fraction of sp³-hybridized carbons (Fsp3) is 0.538. The van der Waals surface area contributed by atoms with Gasteiger partial charge in [-0.25, -0.2) is 0 Å². The Labute approximate surface area is 122 Å². The van der Waals surface area contributed by atoms with E-state index in [-0.39, 0.29) is 30.4 Å². The molecule has 0 spiro atoms. The molecule has 2 heterocycles. The molecule has 1 aromatic heterocycles. The zero-order chi connectivity index (χ0) is 14.5. The smallest absolute Gasteiger partial charge is 0.279 e. The fourth-order valence-corrected chi connectivity index (χ4v) is 2.93. The Hall–Kier alpha value is -1.44. The number of rotatable bonds is 3. The summed E-state index contributed by atoms with van der Waals surface area (Å²) in [6.07, 6.45) is 1.80. The van der Waals surface area contributed by atoms with Crippen molar-refractivity contribution in [2.45, 2.75) is 31.8 Å². The first kappa shape index (κ1) is 15.0. The highest BCUT2D eigenvalue weighted by atomic mass is 32.1. The van der Waals surface area contributed by atoms with Crippen LogP contribution in [0.4, 0.5) is 0 Å². The van der Waals surface area contributed by atoms with Crippen LogP contribution in [0, 0.1) is 0 Å². The fourth-order valence-electron chi connectivity index (χ4n) is 2.31. The predicted octanol–water partition coefficient (Wildman–Crippen LogP) is 0.321. The summed E-state index contributed by atoms with van der Waals surface area (Å²) < 4.78 is 0. The van der Waals surface area contributed by atoms with Crippen LogP contribution in [0.3, 0.4) is 0 Å². The van der Waals surface area contributed by atoms with Gasteiger partial charge in [0, 0.05) is 18.6 Å². The molecule has 7 heteroatoms. The van der Waals surface area contributed by atoms with Crippen LogP contribution >= 0.6 is 11.3 Å². The van der Waals surface area contributed by atoms with Gasteiger partial charge in [0.05, 0.1) is 11.4 Å². The van der Waals surface area contributed by atoms with Crippen molar-refractivity contribution >= 4 is 23.2 Å². The second-order valence-electron chi connectivity index (χ2n) is 5.08. The first-order valence-electron chi connectivity index (χ1n) is 6.68.